The van der Waals surface area contributed by atoms with Crippen LogP contribution in [0.5, 0.6) is 0 Å². The molecule has 0 saturated carbocycles. The average molecular weight is 399 g/mol. The van der Waals surface area contributed by atoms with Crippen LogP contribution in [0.4, 0.5) is 10.5 Å². The molecule has 2 amide bonds. The molecule has 0 aliphatic rings. The molecule has 3 aromatic rings. The van der Waals surface area contributed by atoms with E-state index in [9.17, 15) is 4.79 Å². The molecular formula is C19H19BrN4O. The summed E-state index contributed by atoms with van der Waals surface area (Å²) in [4.78, 5) is 12.2. The number of carbonyl (C=O) groups is 1. The van der Waals surface area contributed by atoms with E-state index in [2.05, 4.69) is 31.7 Å². The second-order valence-corrected chi connectivity index (χ2v) is 6.60. The molecule has 25 heavy (non-hydrogen) atoms. The summed E-state index contributed by atoms with van der Waals surface area (Å²) in [5, 5.41) is 9.99. The Bertz CT molecular complexity index is 862. The number of aryl methyl sites for hydroxylation is 1. The molecule has 0 atom stereocenters. The summed E-state index contributed by atoms with van der Waals surface area (Å²) in [6, 6.07) is 15.4. The fraction of sp³-hybridized carbons (Fsp3) is 0.158. The minimum atomic E-state index is -0.232. The number of hydrogen-bond acceptors (Lipinski definition) is 2. The maximum absolute atomic E-state index is 12.2. The summed E-state index contributed by atoms with van der Waals surface area (Å²) in [6.07, 6.45) is 3.68. The second-order valence-electron chi connectivity index (χ2n) is 5.74. The van der Waals surface area contributed by atoms with Crippen LogP contribution in [0.3, 0.4) is 0 Å². The number of benzene rings is 2. The number of urea groups is 1. The first-order valence-corrected chi connectivity index (χ1v) is 8.76. The summed E-state index contributed by atoms with van der Waals surface area (Å²) in [6.45, 7) is 3.14. The van der Waals surface area contributed by atoms with Crippen molar-refractivity contribution < 1.29 is 4.79 Å². The number of amides is 2. The minimum absolute atomic E-state index is 0.232. The van der Waals surface area contributed by atoms with Gasteiger partial charge < -0.3 is 10.6 Å². The van der Waals surface area contributed by atoms with E-state index in [4.69, 9.17) is 0 Å². The van der Waals surface area contributed by atoms with Crippen LogP contribution < -0.4 is 10.6 Å². The zero-order valence-electron chi connectivity index (χ0n) is 13.9. The lowest BCUT2D eigenvalue weighted by atomic mass is 10.1. The Morgan fingerprint density at radius 2 is 1.96 bits per heavy atom. The first-order chi connectivity index (χ1) is 12.1. The molecular weight excluding hydrogens is 380 g/mol. The Labute approximate surface area is 155 Å². The molecule has 0 saturated heterocycles. The first kappa shape index (κ1) is 17.2. The van der Waals surface area contributed by atoms with Crippen LogP contribution in [-0.4, -0.2) is 15.8 Å². The van der Waals surface area contributed by atoms with E-state index in [-0.39, 0.29) is 6.03 Å². The standard InChI is InChI=1S/C19H19BrN4O/c1-14-7-8-17(11-18(14)20)23-19(25)21-12-15-5-2-3-6-16(15)13-24-10-4-9-22-24/h2-11H,12-13H2,1H3,(H2,21,23,25). The van der Waals surface area contributed by atoms with Crippen LogP contribution in [-0.2, 0) is 13.1 Å². The predicted molar refractivity (Wildman–Crippen MR) is 103 cm³/mol. The summed E-state index contributed by atoms with van der Waals surface area (Å²) >= 11 is 3.47. The number of rotatable bonds is 5. The highest BCUT2D eigenvalue weighted by atomic mass is 79.9. The van der Waals surface area contributed by atoms with E-state index >= 15 is 0 Å². The van der Waals surface area contributed by atoms with Crippen LogP contribution in [0.25, 0.3) is 0 Å². The van der Waals surface area contributed by atoms with Crippen molar-refractivity contribution in [2.75, 3.05) is 5.32 Å². The molecule has 1 aromatic heterocycles. The van der Waals surface area contributed by atoms with Gasteiger partial charge >= 0.3 is 6.03 Å². The average Bonchev–Trinajstić information content (AvgIpc) is 3.10. The largest absolute Gasteiger partial charge is 0.334 e. The fourth-order valence-electron chi connectivity index (χ4n) is 2.47. The fourth-order valence-corrected chi connectivity index (χ4v) is 2.85. The molecule has 0 spiro atoms. The van der Waals surface area contributed by atoms with Crippen molar-refractivity contribution >= 4 is 27.6 Å². The van der Waals surface area contributed by atoms with Gasteiger partial charge in [-0.1, -0.05) is 46.3 Å². The number of nitrogens with zero attached hydrogens (tertiary/aromatic N) is 2. The number of aromatic nitrogens is 2. The molecule has 2 aromatic carbocycles. The van der Waals surface area contributed by atoms with E-state index in [1.54, 1.807) is 6.20 Å². The zero-order chi connectivity index (χ0) is 17.6. The number of anilines is 1. The molecule has 3 rings (SSSR count). The number of halogens is 1. The second kappa shape index (κ2) is 7.98. The van der Waals surface area contributed by atoms with Crippen LogP contribution >= 0.6 is 15.9 Å². The van der Waals surface area contributed by atoms with Gasteiger partial charge in [0.05, 0.1) is 6.54 Å². The highest BCUT2D eigenvalue weighted by molar-refractivity contribution is 9.10. The van der Waals surface area contributed by atoms with Gasteiger partial charge in [0.15, 0.2) is 0 Å². The molecule has 6 heteroatoms. The molecule has 2 N–H and O–H groups in total. The van der Waals surface area contributed by atoms with E-state index < -0.39 is 0 Å². The monoisotopic (exact) mass is 398 g/mol. The number of hydrogen-bond donors (Lipinski definition) is 2. The Hall–Kier alpha value is -2.60. The molecule has 128 valence electrons. The van der Waals surface area contributed by atoms with Gasteiger partial charge in [-0.05, 0) is 41.8 Å². The lowest BCUT2D eigenvalue weighted by molar-refractivity contribution is 0.251. The van der Waals surface area contributed by atoms with E-state index in [1.807, 2.05) is 66.3 Å². The van der Waals surface area contributed by atoms with Crippen LogP contribution in [0.2, 0.25) is 0 Å². The minimum Gasteiger partial charge on any atom is -0.334 e. The topological polar surface area (TPSA) is 59.0 Å². The highest BCUT2D eigenvalue weighted by Crippen LogP contribution is 2.20. The van der Waals surface area contributed by atoms with E-state index in [0.29, 0.717) is 13.1 Å². The third kappa shape index (κ3) is 4.70. The highest BCUT2D eigenvalue weighted by Gasteiger charge is 2.07. The summed E-state index contributed by atoms with van der Waals surface area (Å²) in [5.74, 6) is 0. The van der Waals surface area contributed by atoms with Gasteiger partial charge in [0.25, 0.3) is 0 Å². The molecule has 1 heterocycles. The summed E-state index contributed by atoms with van der Waals surface area (Å²) in [5.41, 5.74) is 4.07. The lowest BCUT2D eigenvalue weighted by Crippen LogP contribution is -2.28. The van der Waals surface area contributed by atoms with Gasteiger partial charge in [0.2, 0.25) is 0 Å². The van der Waals surface area contributed by atoms with Gasteiger partial charge in [-0.2, -0.15) is 5.10 Å². The van der Waals surface area contributed by atoms with Gasteiger partial charge in [-0.15, -0.1) is 0 Å². The number of carbonyl (C=O) groups excluding carboxylic acids is 1. The third-order valence-corrected chi connectivity index (χ3v) is 4.73. The van der Waals surface area contributed by atoms with Crippen molar-refractivity contribution in [1.82, 2.24) is 15.1 Å². The van der Waals surface area contributed by atoms with Crippen LogP contribution in [0.1, 0.15) is 16.7 Å². The quantitative estimate of drug-likeness (QED) is 0.671. The Balaban J connectivity index is 1.61. The van der Waals surface area contributed by atoms with E-state index in [0.717, 1.165) is 26.9 Å². The molecule has 0 fully saturated rings. The summed E-state index contributed by atoms with van der Waals surface area (Å²) < 4.78 is 2.83. The van der Waals surface area contributed by atoms with Gasteiger partial charge in [-0.25, -0.2) is 4.79 Å². The Kier molecular flexibility index (Phi) is 5.50. The van der Waals surface area contributed by atoms with Crippen LogP contribution in [0, 0.1) is 6.92 Å². The SMILES string of the molecule is Cc1ccc(NC(=O)NCc2ccccc2Cn2cccn2)cc1Br. The zero-order valence-corrected chi connectivity index (χ0v) is 15.5. The Morgan fingerprint density at radius 3 is 2.68 bits per heavy atom. The molecule has 5 nitrogen and oxygen atoms in total. The van der Waals surface area contributed by atoms with Gasteiger partial charge in [0.1, 0.15) is 0 Å². The van der Waals surface area contributed by atoms with Crippen molar-refractivity contribution in [3.05, 3.63) is 82.1 Å². The Morgan fingerprint density at radius 1 is 1.16 bits per heavy atom. The number of nitrogens with one attached hydrogen (secondary N) is 2. The van der Waals surface area contributed by atoms with Gasteiger partial charge in [0, 0.05) is 29.1 Å². The van der Waals surface area contributed by atoms with Crippen LogP contribution in [0.15, 0.2) is 65.4 Å². The van der Waals surface area contributed by atoms with Crippen molar-refractivity contribution in [2.24, 2.45) is 0 Å². The molecule has 0 radical (unpaired) electrons. The van der Waals surface area contributed by atoms with Crippen molar-refractivity contribution in [3.8, 4) is 0 Å². The van der Waals surface area contributed by atoms with Crippen molar-refractivity contribution in [3.63, 3.8) is 0 Å². The van der Waals surface area contributed by atoms with E-state index in [1.165, 1.54) is 0 Å². The molecule has 0 bridgehead atoms. The maximum atomic E-state index is 12.2. The predicted octanol–water partition coefficient (Wildman–Crippen LogP) is 4.32. The van der Waals surface area contributed by atoms with Crippen molar-refractivity contribution in [2.45, 2.75) is 20.0 Å². The smallest absolute Gasteiger partial charge is 0.319 e. The first-order valence-electron chi connectivity index (χ1n) is 7.97. The molecule has 0 aliphatic heterocycles. The summed E-state index contributed by atoms with van der Waals surface area (Å²) in [7, 11) is 0. The molecule has 0 unspecified atom stereocenters. The normalized spacial score (nSPS) is 10.5. The third-order valence-electron chi connectivity index (χ3n) is 3.88. The van der Waals surface area contributed by atoms with Crippen molar-refractivity contribution in [1.29, 1.82) is 0 Å². The molecule has 0 aliphatic carbocycles. The van der Waals surface area contributed by atoms with Gasteiger partial charge in [-0.3, -0.25) is 4.68 Å². The lowest BCUT2D eigenvalue weighted by Gasteiger charge is -2.12. The maximum Gasteiger partial charge on any atom is 0.319 e.